The summed E-state index contributed by atoms with van der Waals surface area (Å²) >= 11 is 0. The second-order valence-corrected chi connectivity index (χ2v) is 7.74. The minimum absolute atomic E-state index is 0.160. The van der Waals surface area contributed by atoms with Gasteiger partial charge in [0, 0.05) is 31.5 Å². The highest BCUT2D eigenvalue weighted by Crippen LogP contribution is 2.22. The molecule has 0 radical (unpaired) electrons. The lowest BCUT2D eigenvalue weighted by molar-refractivity contribution is 0.580. The molecule has 0 unspecified atom stereocenters. The molecule has 2 heterocycles. The Kier molecular flexibility index (Phi) is 4.69. The molecule has 0 saturated carbocycles. The van der Waals surface area contributed by atoms with Crippen molar-refractivity contribution in [2.75, 3.05) is 0 Å². The number of pyridine rings is 1. The number of nitrogens with one attached hydrogen (secondary N) is 1. The number of aromatic nitrogens is 3. The van der Waals surface area contributed by atoms with Crippen LogP contribution in [-0.4, -0.2) is 23.2 Å². The Morgan fingerprint density at radius 3 is 2.72 bits per heavy atom. The Hall–Kier alpha value is -2.51. The first kappa shape index (κ1) is 17.3. The number of sulfonamides is 1. The second-order valence-electron chi connectivity index (χ2n) is 6.01. The van der Waals surface area contributed by atoms with Gasteiger partial charge in [0.2, 0.25) is 10.0 Å². The van der Waals surface area contributed by atoms with Gasteiger partial charge in [-0.2, -0.15) is 5.10 Å². The predicted octanol–water partition coefficient (Wildman–Crippen LogP) is 2.58. The van der Waals surface area contributed by atoms with Crippen LogP contribution >= 0.6 is 0 Å². The molecule has 1 N–H and O–H groups in total. The van der Waals surface area contributed by atoms with Crippen LogP contribution < -0.4 is 4.72 Å². The molecule has 130 valence electrons. The number of aryl methyl sites for hydroxylation is 3. The molecule has 3 aromatic rings. The normalized spacial score (nSPS) is 11.6. The molecule has 1 aromatic carbocycles. The maximum absolute atomic E-state index is 12.7. The summed E-state index contributed by atoms with van der Waals surface area (Å²) in [7, 11) is -1.78. The SMILES string of the molecule is Cc1ccc(C)c(S(=O)(=O)NCc2cccnc2-c2cnn(C)c2)c1. The Labute approximate surface area is 147 Å². The van der Waals surface area contributed by atoms with E-state index >= 15 is 0 Å². The Morgan fingerprint density at radius 1 is 1.20 bits per heavy atom. The summed E-state index contributed by atoms with van der Waals surface area (Å²) in [6.45, 7) is 3.83. The zero-order valence-corrected chi connectivity index (χ0v) is 15.2. The van der Waals surface area contributed by atoms with Crippen LogP contribution in [-0.2, 0) is 23.6 Å². The molecule has 2 aromatic heterocycles. The molecule has 0 bridgehead atoms. The third-order valence-electron chi connectivity index (χ3n) is 3.96. The maximum Gasteiger partial charge on any atom is 0.241 e. The van der Waals surface area contributed by atoms with E-state index in [1.165, 1.54) is 0 Å². The average Bonchev–Trinajstić information content (AvgIpc) is 3.02. The zero-order chi connectivity index (χ0) is 18.0. The first-order chi connectivity index (χ1) is 11.9. The molecule has 0 atom stereocenters. The summed E-state index contributed by atoms with van der Waals surface area (Å²) < 4.78 is 29.7. The number of rotatable bonds is 5. The fourth-order valence-electron chi connectivity index (χ4n) is 2.63. The van der Waals surface area contributed by atoms with Gasteiger partial charge in [-0.05, 0) is 42.7 Å². The van der Waals surface area contributed by atoms with Gasteiger partial charge in [-0.25, -0.2) is 13.1 Å². The lowest BCUT2D eigenvalue weighted by Gasteiger charge is -2.12. The molecule has 0 fully saturated rings. The molecule has 6 nitrogen and oxygen atoms in total. The molecule has 0 spiro atoms. The molecule has 0 amide bonds. The number of nitrogens with zero attached hydrogens (tertiary/aromatic N) is 3. The fourth-order valence-corrected chi connectivity index (χ4v) is 3.97. The van der Waals surface area contributed by atoms with Gasteiger partial charge in [0.05, 0.1) is 16.8 Å². The minimum atomic E-state index is -3.60. The monoisotopic (exact) mass is 356 g/mol. The molecule has 0 aliphatic rings. The summed E-state index contributed by atoms with van der Waals surface area (Å²) in [4.78, 5) is 4.68. The van der Waals surface area contributed by atoms with E-state index in [1.807, 2.05) is 38.4 Å². The highest BCUT2D eigenvalue weighted by molar-refractivity contribution is 7.89. The van der Waals surface area contributed by atoms with Gasteiger partial charge in [0.15, 0.2) is 0 Å². The van der Waals surface area contributed by atoms with Crippen LogP contribution in [0.15, 0.2) is 53.8 Å². The smallest absolute Gasteiger partial charge is 0.241 e. The maximum atomic E-state index is 12.7. The van der Waals surface area contributed by atoms with Crippen molar-refractivity contribution in [2.45, 2.75) is 25.3 Å². The number of hydrogen-bond donors (Lipinski definition) is 1. The number of hydrogen-bond acceptors (Lipinski definition) is 4. The summed E-state index contributed by atoms with van der Waals surface area (Å²) in [5.41, 5.74) is 3.99. The van der Waals surface area contributed by atoms with Crippen molar-refractivity contribution in [3.05, 3.63) is 65.6 Å². The van der Waals surface area contributed by atoms with E-state index in [0.29, 0.717) is 4.90 Å². The lowest BCUT2D eigenvalue weighted by Crippen LogP contribution is -2.24. The summed E-state index contributed by atoms with van der Waals surface area (Å²) in [5, 5.41) is 4.15. The standard InChI is InChI=1S/C18H20N4O2S/c1-13-6-7-14(2)17(9-13)25(23,24)21-11-15-5-4-8-19-18(15)16-10-20-22(3)12-16/h4-10,12,21H,11H2,1-3H3. The molecule has 3 rings (SSSR count). The van der Waals surface area contributed by atoms with E-state index in [-0.39, 0.29) is 6.54 Å². The van der Waals surface area contributed by atoms with E-state index in [4.69, 9.17) is 0 Å². The Balaban J connectivity index is 1.88. The second kappa shape index (κ2) is 6.78. The van der Waals surface area contributed by atoms with E-state index in [0.717, 1.165) is 27.9 Å². The van der Waals surface area contributed by atoms with Gasteiger partial charge in [-0.1, -0.05) is 18.2 Å². The molecule has 0 saturated heterocycles. The van der Waals surface area contributed by atoms with Crippen LogP contribution in [0.25, 0.3) is 11.3 Å². The molecule has 0 aliphatic carbocycles. The fraction of sp³-hybridized carbons (Fsp3) is 0.222. The Bertz CT molecular complexity index is 1010. The quantitative estimate of drug-likeness (QED) is 0.762. The average molecular weight is 356 g/mol. The highest BCUT2D eigenvalue weighted by Gasteiger charge is 2.18. The lowest BCUT2D eigenvalue weighted by atomic mass is 10.1. The molecular weight excluding hydrogens is 336 g/mol. The van der Waals surface area contributed by atoms with Crippen molar-refractivity contribution >= 4 is 10.0 Å². The van der Waals surface area contributed by atoms with Crippen molar-refractivity contribution in [3.63, 3.8) is 0 Å². The van der Waals surface area contributed by atoms with Crippen molar-refractivity contribution in [1.29, 1.82) is 0 Å². The molecule has 7 heteroatoms. The van der Waals surface area contributed by atoms with Gasteiger partial charge in [0.1, 0.15) is 0 Å². The highest BCUT2D eigenvalue weighted by atomic mass is 32.2. The Morgan fingerprint density at radius 2 is 2.00 bits per heavy atom. The van der Waals surface area contributed by atoms with Crippen LogP contribution in [0.3, 0.4) is 0 Å². The first-order valence-electron chi connectivity index (χ1n) is 7.86. The van der Waals surface area contributed by atoms with Gasteiger partial charge in [0.25, 0.3) is 0 Å². The minimum Gasteiger partial charge on any atom is -0.275 e. The van der Waals surface area contributed by atoms with Gasteiger partial charge < -0.3 is 0 Å². The summed E-state index contributed by atoms with van der Waals surface area (Å²) in [6, 6.07) is 9.05. The molecule has 25 heavy (non-hydrogen) atoms. The molecular formula is C18H20N4O2S. The molecule has 0 aliphatic heterocycles. The van der Waals surface area contributed by atoms with Crippen LogP contribution in [0, 0.1) is 13.8 Å². The third-order valence-corrected chi connectivity index (χ3v) is 5.50. The van der Waals surface area contributed by atoms with E-state index in [2.05, 4.69) is 14.8 Å². The summed E-state index contributed by atoms with van der Waals surface area (Å²) in [6.07, 6.45) is 5.25. The van der Waals surface area contributed by atoms with Gasteiger partial charge >= 0.3 is 0 Å². The van der Waals surface area contributed by atoms with Crippen LogP contribution in [0.4, 0.5) is 0 Å². The van der Waals surface area contributed by atoms with Crippen LogP contribution in [0.2, 0.25) is 0 Å². The number of benzene rings is 1. The van der Waals surface area contributed by atoms with Crippen molar-refractivity contribution in [1.82, 2.24) is 19.5 Å². The van der Waals surface area contributed by atoms with E-state index in [9.17, 15) is 8.42 Å². The largest absolute Gasteiger partial charge is 0.275 e. The topological polar surface area (TPSA) is 76.9 Å². The first-order valence-corrected chi connectivity index (χ1v) is 9.35. The van der Waals surface area contributed by atoms with Crippen LogP contribution in [0.1, 0.15) is 16.7 Å². The van der Waals surface area contributed by atoms with Crippen molar-refractivity contribution in [2.24, 2.45) is 7.05 Å². The van der Waals surface area contributed by atoms with Crippen molar-refractivity contribution < 1.29 is 8.42 Å². The van der Waals surface area contributed by atoms with Gasteiger partial charge in [-0.3, -0.25) is 9.67 Å². The predicted molar refractivity (Wildman–Crippen MR) is 96.4 cm³/mol. The summed E-state index contributed by atoms with van der Waals surface area (Å²) in [5.74, 6) is 0. The van der Waals surface area contributed by atoms with Gasteiger partial charge in [-0.15, -0.1) is 0 Å². The van der Waals surface area contributed by atoms with Crippen LogP contribution in [0.5, 0.6) is 0 Å². The zero-order valence-electron chi connectivity index (χ0n) is 14.4. The van der Waals surface area contributed by atoms with E-state index < -0.39 is 10.0 Å². The van der Waals surface area contributed by atoms with E-state index in [1.54, 1.807) is 36.1 Å². The van der Waals surface area contributed by atoms with Crippen molar-refractivity contribution in [3.8, 4) is 11.3 Å². The third kappa shape index (κ3) is 3.78.